The Bertz CT molecular complexity index is 540. The minimum Gasteiger partial charge on any atom is -0.429 e. The number of hydrogen-bond donors (Lipinski definition) is 1. The number of benzene rings is 1. The maximum Gasteiger partial charge on any atom is 0.298 e. The van der Waals surface area contributed by atoms with E-state index < -0.39 is 0 Å². The first-order valence-electron chi connectivity index (χ1n) is 10.0. The second kappa shape index (κ2) is 17.9. The highest BCUT2D eigenvalue weighted by Crippen LogP contribution is 2.25. The molecule has 0 fully saturated rings. The van der Waals surface area contributed by atoms with Gasteiger partial charge in [-0.15, -0.1) is 6.42 Å². The predicted molar refractivity (Wildman–Crippen MR) is 119 cm³/mol. The van der Waals surface area contributed by atoms with E-state index in [2.05, 4.69) is 32.4 Å². The average Bonchev–Trinajstić information content (AvgIpc) is 3.16. The Morgan fingerprint density at radius 3 is 2.48 bits per heavy atom. The number of terminal acetylenes is 1. The van der Waals surface area contributed by atoms with Crippen LogP contribution in [0.15, 0.2) is 18.2 Å². The molecule has 0 bridgehead atoms. The number of ether oxygens (including phenoxy) is 1. The number of aryl methyl sites for hydroxylation is 2. The molecule has 1 aliphatic carbocycles. The first-order valence-corrected chi connectivity index (χ1v) is 11.3. The van der Waals surface area contributed by atoms with E-state index in [1.165, 1.54) is 56.1 Å². The fourth-order valence-electron chi connectivity index (χ4n) is 3.00. The second-order valence-corrected chi connectivity index (χ2v) is 7.69. The second-order valence-electron chi connectivity index (χ2n) is 6.55. The lowest BCUT2D eigenvalue weighted by atomic mass is 10.1. The van der Waals surface area contributed by atoms with E-state index >= 15 is 0 Å². The van der Waals surface area contributed by atoms with Crippen LogP contribution in [0, 0.1) is 12.3 Å². The van der Waals surface area contributed by atoms with E-state index in [4.69, 9.17) is 10.5 Å². The topological polar surface area (TPSA) is 52.3 Å². The van der Waals surface area contributed by atoms with Crippen molar-refractivity contribution in [3.8, 4) is 18.1 Å². The summed E-state index contributed by atoms with van der Waals surface area (Å²) in [6.45, 7) is 5.37. The molecule has 2 rings (SSSR count). The summed E-state index contributed by atoms with van der Waals surface area (Å²) in [6.07, 6.45) is 18.8. The molecule has 0 saturated carbocycles. The molecule has 0 aliphatic heterocycles. The van der Waals surface area contributed by atoms with Crippen LogP contribution in [0.25, 0.3) is 0 Å². The largest absolute Gasteiger partial charge is 0.429 e. The molecule has 152 valence electrons. The van der Waals surface area contributed by atoms with Gasteiger partial charge in [0.1, 0.15) is 5.75 Å². The number of carbonyl (C=O) groups is 1. The van der Waals surface area contributed by atoms with Crippen LogP contribution in [0.2, 0.25) is 0 Å². The third kappa shape index (κ3) is 12.5. The molecule has 1 aromatic rings. The SMILES string of the molecule is C#CCN.CCCCCC(CCC)SC.O=COc1ccc2c(c1)CCC2. The molecule has 0 saturated heterocycles. The highest BCUT2D eigenvalue weighted by atomic mass is 32.2. The summed E-state index contributed by atoms with van der Waals surface area (Å²) in [5.41, 5.74) is 7.52. The first kappa shape index (κ1) is 25.6. The summed E-state index contributed by atoms with van der Waals surface area (Å²) >= 11 is 2.04. The highest BCUT2D eigenvalue weighted by Gasteiger charge is 2.10. The van der Waals surface area contributed by atoms with Gasteiger partial charge in [0.25, 0.3) is 6.47 Å². The van der Waals surface area contributed by atoms with Crippen molar-refractivity contribution >= 4 is 18.2 Å². The van der Waals surface area contributed by atoms with Gasteiger partial charge in [-0.3, -0.25) is 4.79 Å². The van der Waals surface area contributed by atoms with Gasteiger partial charge < -0.3 is 10.5 Å². The van der Waals surface area contributed by atoms with Crippen LogP contribution >= 0.6 is 11.8 Å². The summed E-state index contributed by atoms with van der Waals surface area (Å²) in [5.74, 6) is 2.87. The minimum absolute atomic E-state index is 0.347. The number of unbranched alkanes of at least 4 members (excludes halogenated alkanes) is 2. The van der Waals surface area contributed by atoms with Crippen molar-refractivity contribution in [3.05, 3.63) is 29.3 Å². The smallest absolute Gasteiger partial charge is 0.298 e. The van der Waals surface area contributed by atoms with Crippen LogP contribution in [0.3, 0.4) is 0 Å². The molecule has 1 unspecified atom stereocenters. The first-order chi connectivity index (χ1) is 13.2. The van der Waals surface area contributed by atoms with Crippen LogP contribution in [0.5, 0.6) is 5.75 Å². The van der Waals surface area contributed by atoms with Gasteiger partial charge in [0.05, 0.1) is 6.54 Å². The van der Waals surface area contributed by atoms with E-state index in [1.54, 1.807) is 0 Å². The summed E-state index contributed by atoms with van der Waals surface area (Å²) in [4.78, 5) is 10.1. The Balaban J connectivity index is 0.000000422. The van der Waals surface area contributed by atoms with Gasteiger partial charge >= 0.3 is 0 Å². The Hall–Kier alpha value is -1.44. The zero-order valence-corrected chi connectivity index (χ0v) is 18.2. The van der Waals surface area contributed by atoms with Crippen molar-refractivity contribution in [2.24, 2.45) is 5.73 Å². The molecular weight excluding hydrogens is 354 g/mol. The van der Waals surface area contributed by atoms with Gasteiger partial charge in [0.2, 0.25) is 0 Å². The number of nitrogens with two attached hydrogens (primary N) is 1. The van der Waals surface area contributed by atoms with Crippen molar-refractivity contribution in [1.82, 2.24) is 0 Å². The molecule has 1 aromatic carbocycles. The van der Waals surface area contributed by atoms with Crippen LogP contribution in [0.1, 0.15) is 69.9 Å². The molecule has 2 N–H and O–H groups in total. The molecule has 0 spiro atoms. The Labute approximate surface area is 170 Å². The zero-order chi connectivity index (χ0) is 20.3. The molecule has 3 nitrogen and oxygen atoms in total. The van der Waals surface area contributed by atoms with E-state index in [0.29, 0.717) is 18.8 Å². The van der Waals surface area contributed by atoms with Crippen molar-refractivity contribution < 1.29 is 9.53 Å². The molecular formula is C23H37NO2S. The molecule has 4 heteroatoms. The fourth-order valence-corrected chi connectivity index (χ4v) is 3.87. The minimum atomic E-state index is 0.347. The third-order valence-electron chi connectivity index (χ3n) is 4.45. The Morgan fingerprint density at radius 1 is 1.22 bits per heavy atom. The van der Waals surface area contributed by atoms with Crippen molar-refractivity contribution in [2.45, 2.75) is 76.9 Å². The zero-order valence-electron chi connectivity index (χ0n) is 17.3. The molecule has 27 heavy (non-hydrogen) atoms. The van der Waals surface area contributed by atoms with Crippen LogP contribution in [-0.4, -0.2) is 24.5 Å². The molecule has 0 heterocycles. The average molecular weight is 392 g/mol. The highest BCUT2D eigenvalue weighted by molar-refractivity contribution is 7.99. The quantitative estimate of drug-likeness (QED) is 0.348. The number of thioether (sulfide) groups is 1. The normalized spacial score (nSPS) is 12.4. The monoisotopic (exact) mass is 391 g/mol. The molecule has 1 aliphatic rings. The lowest BCUT2D eigenvalue weighted by Crippen LogP contribution is -2.00. The van der Waals surface area contributed by atoms with E-state index in [-0.39, 0.29) is 0 Å². The standard InChI is InChI=1S/C10H10O2.C10H22S.C3H5N/c11-7-12-10-5-4-8-2-1-3-9(8)6-10;1-4-6-7-9-10(11-3)8-5-2;1-2-3-4/h4-7H,1-3H2;10H,4-9H2,1-3H3;1H,3-4H2. The molecule has 1 atom stereocenters. The number of rotatable bonds is 9. The molecule has 0 amide bonds. The Kier molecular flexibility index (Phi) is 17.0. The van der Waals surface area contributed by atoms with Gasteiger partial charge in [0, 0.05) is 5.25 Å². The third-order valence-corrected chi connectivity index (χ3v) is 5.58. The van der Waals surface area contributed by atoms with Gasteiger partial charge in [-0.1, -0.05) is 51.5 Å². The maximum absolute atomic E-state index is 10.1. The van der Waals surface area contributed by atoms with Crippen molar-refractivity contribution in [3.63, 3.8) is 0 Å². The summed E-state index contributed by atoms with van der Waals surface area (Å²) in [6, 6.07) is 5.84. The number of fused-ring (bicyclic) bond motifs is 1. The number of carbonyl (C=O) groups excluding carboxylic acids is 1. The lowest BCUT2D eigenvalue weighted by Gasteiger charge is -2.11. The van der Waals surface area contributed by atoms with E-state index in [0.717, 1.165) is 18.1 Å². The van der Waals surface area contributed by atoms with E-state index in [9.17, 15) is 4.79 Å². The maximum atomic E-state index is 10.1. The summed E-state index contributed by atoms with van der Waals surface area (Å²) in [7, 11) is 0. The summed E-state index contributed by atoms with van der Waals surface area (Å²) < 4.78 is 4.75. The van der Waals surface area contributed by atoms with Crippen molar-refractivity contribution in [1.29, 1.82) is 0 Å². The molecule has 0 aromatic heterocycles. The van der Waals surface area contributed by atoms with Gasteiger partial charge in [-0.05, 0) is 61.6 Å². The van der Waals surface area contributed by atoms with Crippen LogP contribution in [-0.2, 0) is 17.6 Å². The van der Waals surface area contributed by atoms with Crippen LogP contribution in [0.4, 0.5) is 0 Å². The fraction of sp³-hybridized carbons (Fsp3) is 0.609. The summed E-state index contributed by atoms with van der Waals surface area (Å²) in [5, 5.41) is 0.937. The number of hydrogen-bond acceptors (Lipinski definition) is 4. The van der Waals surface area contributed by atoms with Crippen molar-refractivity contribution in [2.75, 3.05) is 12.8 Å². The van der Waals surface area contributed by atoms with Gasteiger partial charge in [0.15, 0.2) is 0 Å². The predicted octanol–water partition coefficient (Wildman–Crippen LogP) is 5.39. The van der Waals surface area contributed by atoms with Gasteiger partial charge in [-0.25, -0.2) is 0 Å². The van der Waals surface area contributed by atoms with Gasteiger partial charge in [-0.2, -0.15) is 11.8 Å². The molecule has 0 radical (unpaired) electrons. The Morgan fingerprint density at radius 2 is 1.93 bits per heavy atom. The van der Waals surface area contributed by atoms with Crippen LogP contribution < -0.4 is 10.5 Å². The lowest BCUT2D eigenvalue weighted by molar-refractivity contribution is -0.120. The van der Waals surface area contributed by atoms with E-state index in [1.807, 2.05) is 30.0 Å².